The molecule has 0 aliphatic rings. The molecule has 1 aromatic carbocycles. The molecule has 4 nitrogen and oxygen atoms in total. The average molecular weight is 216 g/mol. The molecule has 0 spiro atoms. The van der Waals surface area contributed by atoms with Gasteiger partial charge in [-0.2, -0.15) is 0 Å². The Bertz CT molecular complexity index is 456. The molecule has 0 atom stereocenters. The van der Waals surface area contributed by atoms with E-state index in [2.05, 4.69) is 17.2 Å². The number of allylic oxidation sites excluding steroid dienone is 1. The van der Waals surface area contributed by atoms with Gasteiger partial charge in [0.05, 0.1) is 0 Å². The summed E-state index contributed by atoms with van der Waals surface area (Å²) in [4.78, 5) is 10.6. The SMILES string of the molecule is CNc1cccc(C#C/C=C/C(=O)NO)c1. The molecule has 0 fully saturated rings. The van der Waals surface area contributed by atoms with Crippen molar-refractivity contribution in [2.75, 3.05) is 12.4 Å². The zero-order valence-corrected chi connectivity index (χ0v) is 8.82. The van der Waals surface area contributed by atoms with Gasteiger partial charge >= 0.3 is 0 Å². The minimum absolute atomic E-state index is 0.599. The van der Waals surface area contributed by atoms with Crippen LogP contribution in [0.1, 0.15) is 5.56 Å². The van der Waals surface area contributed by atoms with Gasteiger partial charge in [0.1, 0.15) is 0 Å². The first kappa shape index (κ1) is 11.8. The zero-order chi connectivity index (χ0) is 11.8. The largest absolute Gasteiger partial charge is 0.388 e. The van der Waals surface area contributed by atoms with Gasteiger partial charge in [0.25, 0.3) is 5.91 Å². The number of hydrogen-bond acceptors (Lipinski definition) is 3. The molecule has 0 radical (unpaired) electrons. The molecule has 0 aliphatic heterocycles. The van der Waals surface area contributed by atoms with Gasteiger partial charge in [-0.3, -0.25) is 10.0 Å². The minimum Gasteiger partial charge on any atom is -0.388 e. The smallest absolute Gasteiger partial charge is 0.267 e. The van der Waals surface area contributed by atoms with Gasteiger partial charge in [0.2, 0.25) is 0 Å². The molecule has 0 bridgehead atoms. The lowest BCUT2D eigenvalue weighted by atomic mass is 10.2. The number of rotatable bonds is 2. The molecule has 0 unspecified atom stereocenters. The number of amides is 1. The van der Waals surface area contributed by atoms with Crippen molar-refractivity contribution in [2.45, 2.75) is 0 Å². The van der Waals surface area contributed by atoms with Gasteiger partial charge in [-0.05, 0) is 24.3 Å². The molecule has 1 aromatic rings. The molecule has 4 heteroatoms. The van der Waals surface area contributed by atoms with E-state index in [0.29, 0.717) is 0 Å². The molecule has 0 aliphatic carbocycles. The maximum Gasteiger partial charge on any atom is 0.267 e. The summed E-state index contributed by atoms with van der Waals surface area (Å²) in [6.45, 7) is 0. The lowest BCUT2D eigenvalue weighted by Crippen LogP contribution is -2.14. The average Bonchev–Trinajstić information content (AvgIpc) is 2.34. The van der Waals surface area contributed by atoms with E-state index in [-0.39, 0.29) is 0 Å². The quantitative estimate of drug-likeness (QED) is 0.301. The van der Waals surface area contributed by atoms with Gasteiger partial charge in [-0.1, -0.05) is 17.9 Å². The summed E-state index contributed by atoms with van der Waals surface area (Å²) in [5.74, 6) is 4.95. The fourth-order valence-corrected chi connectivity index (χ4v) is 1.03. The van der Waals surface area contributed by atoms with Gasteiger partial charge in [-0.15, -0.1) is 0 Å². The Labute approximate surface area is 93.9 Å². The van der Waals surface area contributed by atoms with Crippen molar-refractivity contribution >= 4 is 11.6 Å². The van der Waals surface area contributed by atoms with Gasteiger partial charge in [0.15, 0.2) is 0 Å². The summed E-state index contributed by atoms with van der Waals surface area (Å²) >= 11 is 0. The molecular weight excluding hydrogens is 204 g/mol. The predicted molar refractivity (Wildman–Crippen MR) is 61.9 cm³/mol. The summed E-state index contributed by atoms with van der Waals surface area (Å²) in [6.07, 6.45) is 2.52. The molecule has 82 valence electrons. The van der Waals surface area contributed by atoms with E-state index in [0.717, 1.165) is 17.3 Å². The molecule has 1 rings (SSSR count). The maximum atomic E-state index is 10.6. The molecule has 0 saturated heterocycles. The first-order valence-electron chi connectivity index (χ1n) is 4.66. The topological polar surface area (TPSA) is 61.4 Å². The van der Waals surface area contributed by atoms with Crippen molar-refractivity contribution in [1.29, 1.82) is 0 Å². The first-order chi connectivity index (χ1) is 7.76. The molecular formula is C12H12N2O2. The Morgan fingerprint density at radius 1 is 1.50 bits per heavy atom. The lowest BCUT2D eigenvalue weighted by Gasteiger charge is -1.98. The summed E-state index contributed by atoms with van der Waals surface area (Å²) in [5.41, 5.74) is 3.30. The van der Waals surface area contributed by atoms with Crippen molar-refractivity contribution in [3.8, 4) is 11.8 Å². The molecule has 0 heterocycles. The highest BCUT2D eigenvalue weighted by Crippen LogP contribution is 2.07. The third kappa shape index (κ3) is 3.86. The van der Waals surface area contributed by atoms with E-state index in [9.17, 15) is 4.79 Å². The van der Waals surface area contributed by atoms with Gasteiger partial charge in [-0.25, -0.2) is 5.48 Å². The Balaban J connectivity index is 2.69. The highest BCUT2D eigenvalue weighted by Gasteiger charge is 1.89. The van der Waals surface area contributed by atoms with Crippen molar-refractivity contribution in [3.05, 3.63) is 42.0 Å². The number of hydroxylamine groups is 1. The van der Waals surface area contributed by atoms with Crippen molar-refractivity contribution < 1.29 is 10.0 Å². The minimum atomic E-state index is -0.599. The second-order valence-corrected chi connectivity index (χ2v) is 2.91. The predicted octanol–water partition coefficient (Wildman–Crippen LogP) is 1.14. The monoisotopic (exact) mass is 216 g/mol. The van der Waals surface area contributed by atoms with Crippen LogP contribution in [-0.4, -0.2) is 18.2 Å². The van der Waals surface area contributed by atoms with Crippen LogP contribution in [0, 0.1) is 11.8 Å². The van der Waals surface area contributed by atoms with E-state index < -0.39 is 5.91 Å². The molecule has 3 N–H and O–H groups in total. The van der Waals surface area contributed by atoms with Crippen LogP contribution in [0.3, 0.4) is 0 Å². The summed E-state index contributed by atoms with van der Waals surface area (Å²) in [5, 5.41) is 11.2. The van der Waals surface area contributed by atoms with Gasteiger partial charge < -0.3 is 5.32 Å². The van der Waals surface area contributed by atoms with E-state index in [1.165, 1.54) is 11.6 Å². The van der Waals surface area contributed by atoms with E-state index in [1.807, 2.05) is 31.3 Å². The Kier molecular flexibility index (Phi) is 4.64. The van der Waals surface area contributed by atoms with Crippen LogP contribution in [0.5, 0.6) is 0 Å². The van der Waals surface area contributed by atoms with Crippen LogP contribution in [0.15, 0.2) is 36.4 Å². The van der Waals surface area contributed by atoms with Gasteiger partial charge in [0, 0.05) is 24.4 Å². The molecule has 16 heavy (non-hydrogen) atoms. The second kappa shape index (κ2) is 6.27. The number of carbonyl (C=O) groups excluding carboxylic acids is 1. The second-order valence-electron chi connectivity index (χ2n) is 2.91. The van der Waals surface area contributed by atoms with Crippen LogP contribution in [-0.2, 0) is 4.79 Å². The van der Waals surface area contributed by atoms with E-state index in [4.69, 9.17) is 5.21 Å². The summed E-state index contributed by atoms with van der Waals surface area (Å²) in [6, 6.07) is 7.58. The highest BCUT2D eigenvalue weighted by molar-refractivity contribution is 5.86. The molecule has 0 saturated carbocycles. The van der Waals surface area contributed by atoms with Crippen molar-refractivity contribution in [1.82, 2.24) is 5.48 Å². The number of anilines is 1. The lowest BCUT2D eigenvalue weighted by molar-refractivity contribution is -0.124. The number of carbonyl (C=O) groups is 1. The maximum absolute atomic E-state index is 10.6. The number of benzene rings is 1. The molecule has 0 aromatic heterocycles. The van der Waals surface area contributed by atoms with Crippen LogP contribution in [0.25, 0.3) is 0 Å². The Morgan fingerprint density at radius 3 is 3.00 bits per heavy atom. The molecule has 1 amide bonds. The zero-order valence-electron chi connectivity index (χ0n) is 8.82. The summed E-state index contributed by atoms with van der Waals surface area (Å²) < 4.78 is 0. The fourth-order valence-electron chi connectivity index (χ4n) is 1.03. The third-order valence-electron chi connectivity index (χ3n) is 1.80. The fraction of sp³-hybridized carbons (Fsp3) is 0.0833. The van der Waals surface area contributed by atoms with Crippen LogP contribution >= 0.6 is 0 Å². The Hall–Kier alpha value is -2.25. The van der Waals surface area contributed by atoms with E-state index >= 15 is 0 Å². The summed E-state index contributed by atoms with van der Waals surface area (Å²) in [7, 11) is 1.83. The number of hydrogen-bond donors (Lipinski definition) is 3. The van der Waals surface area contributed by atoms with Crippen molar-refractivity contribution in [3.63, 3.8) is 0 Å². The first-order valence-corrected chi connectivity index (χ1v) is 4.66. The van der Waals surface area contributed by atoms with Crippen LogP contribution in [0.4, 0.5) is 5.69 Å². The third-order valence-corrected chi connectivity index (χ3v) is 1.80. The standard InChI is InChI=1S/C12H12N2O2/c1-13-11-7-4-6-10(9-11)5-2-3-8-12(15)14-16/h3-4,6-9,13,16H,1H3,(H,14,15)/b8-3+. The van der Waals surface area contributed by atoms with E-state index in [1.54, 1.807) is 0 Å². The van der Waals surface area contributed by atoms with Crippen LogP contribution < -0.4 is 10.8 Å². The Morgan fingerprint density at radius 2 is 2.31 bits per heavy atom. The normalized spacial score (nSPS) is 9.38. The highest BCUT2D eigenvalue weighted by atomic mass is 16.5. The van der Waals surface area contributed by atoms with Crippen molar-refractivity contribution in [2.24, 2.45) is 0 Å². The number of nitrogens with one attached hydrogen (secondary N) is 2. The van der Waals surface area contributed by atoms with Crippen LogP contribution in [0.2, 0.25) is 0 Å².